The lowest BCUT2D eigenvalue weighted by Gasteiger charge is -2.11. The van der Waals surface area contributed by atoms with Crippen molar-refractivity contribution in [2.24, 2.45) is 0 Å². The van der Waals surface area contributed by atoms with Crippen LogP contribution in [0.1, 0.15) is 32.2 Å². The van der Waals surface area contributed by atoms with Gasteiger partial charge in [-0.15, -0.1) is 10.2 Å². The number of nitrogens with zero attached hydrogens (tertiary/aromatic N) is 2. The molecule has 1 amide bonds. The molecule has 11 heteroatoms. The quantitative estimate of drug-likeness (QED) is 0.490. The fourth-order valence-corrected chi connectivity index (χ4v) is 3.24. The van der Waals surface area contributed by atoms with Crippen LogP contribution in [0, 0.1) is 10.5 Å². The van der Waals surface area contributed by atoms with E-state index in [4.69, 9.17) is 0 Å². The molecule has 1 heterocycles. The number of hydrogen-bond acceptors (Lipinski definition) is 5. The summed E-state index contributed by atoms with van der Waals surface area (Å²) in [7, 11) is 0. The van der Waals surface area contributed by atoms with Crippen LogP contribution in [-0.4, -0.2) is 27.2 Å². The van der Waals surface area contributed by atoms with Crippen LogP contribution in [0.5, 0.6) is 0 Å². The molecule has 2 aromatic carbocycles. The number of carbonyl (C=O) groups excluding carboxylic acids is 1. The van der Waals surface area contributed by atoms with Crippen molar-refractivity contribution in [1.29, 1.82) is 0 Å². The van der Waals surface area contributed by atoms with Crippen LogP contribution in [0.4, 0.5) is 18.9 Å². The van der Waals surface area contributed by atoms with Gasteiger partial charge < -0.3 is 14.8 Å². The molecule has 0 aliphatic heterocycles. The van der Waals surface area contributed by atoms with E-state index in [2.05, 4.69) is 19.9 Å². The predicted octanol–water partition coefficient (Wildman–Crippen LogP) is 4.62. The van der Waals surface area contributed by atoms with Crippen LogP contribution in [-0.2, 0) is 6.18 Å². The predicted molar refractivity (Wildman–Crippen MR) is 104 cm³/mol. The summed E-state index contributed by atoms with van der Waals surface area (Å²) in [6.45, 7) is 1.62. The van der Waals surface area contributed by atoms with E-state index in [1.54, 1.807) is 19.1 Å². The van der Waals surface area contributed by atoms with E-state index in [1.807, 2.05) is 22.6 Å². The fourth-order valence-electron chi connectivity index (χ4n) is 2.51. The summed E-state index contributed by atoms with van der Waals surface area (Å²) in [5.41, 5.74) is 0.962. The van der Waals surface area contributed by atoms with E-state index in [9.17, 15) is 27.9 Å². The SMILES string of the molecule is Cc1cc(-c2nnc(C(F)(F)F)o2)ccc1NC(=O)c1cccc(I)c1C(=O)O. The molecule has 3 aromatic rings. The number of amides is 1. The number of hydrogen-bond donors (Lipinski definition) is 2. The van der Waals surface area contributed by atoms with Crippen molar-refractivity contribution in [1.82, 2.24) is 10.2 Å². The van der Waals surface area contributed by atoms with E-state index >= 15 is 0 Å². The van der Waals surface area contributed by atoms with Gasteiger partial charge in [0.2, 0.25) is 5.89 Å². The van der Waals surface area contributed by atoms with E-state index in [0.717, 1.165) is 0 Å². The number of aromatic carboxylic acids is 1. The summed E-state index contributed by atoms with van der Waals surface area (Å²) < 4.78 is 42.8. The Labute approximate surface area is 175 Å². The average Bonchev–Trinajstić information content (AvgIpc) is 3.13. The molecule has 7 nitrogen and oxygen atoms in total. The number of alkyl halides is 3. The third-order valence-corrected chi connectivity index (χ3v) is 4.76. The maximum absolute atomic E-state index is 12.6. The molecule has 1 aromatic heterocycles. The van der Waals surface area contributed by atoms with Crippen LogP contribution in [0.15, 0.2) is 40.8 Å². The fraction of sp³-hybridized carbons (Fsp3) is 0.111. The number of carbonyl (C=O) groups is 2. The van der Waals surface area contributed by atoms with Crippen molar-refractivity contribution < 1.29 is 32.3 Å². The molecule has 0 fully saturated rings. The van der Waals surface area contributed by atoms with Gasteiger partial charge in [0.25, 0.3) is 5.91 Å². The van der Waals surface area contributed by atoms with E-state index in [1.165, 1.54) is 24.3 Å². The van der Waals surface area contributed by atoms with Gasteiger partial charge >= 0.3 is 18.0 Å². The van der Waals surface area contributed by atoms with Crippen LogP contribution in [0.25, 0.3) is 11.5 Å². The first kappa shape index (κ1) is 20.8. The van der Waals surface area contributed by atoms with Crippen molar-refractivity contribution in [3.63, 3.8) is 0 Å². The smallest absolute Gasteiger partial charge is 0.470 e. The Morgan fingerprint density at radius 1 is 1.17 bits per heavy atom. The van der Waals surface area contributed by atoms with E-state index < -0.39 is 23.9 Å². The number of aryl methyl sites for hydroxylation is 1. The monoisotopic (exact) mass is 517 g/mol. The third kappa shape index (κ3) is 4.39. The molecular formula is C18H11F3IN3O4. The molecule has 0 bridgehead atoms. The first-order valence-corrected chi connectivity index (χ1v) is 9.00. The van der Waals surface area contributed by atoms with Crippen LogP contribution >= 0.6 is 22.6 Å². The summed E-state index contributed by atoms with van der Waals surface area (Å²) >= 11 is 1.83. The Morgan fingerprint density at radius 2 is 1.90 bits per heavy atom. The molecule has 0 saturated carbocycles. The highest BCUT2D eigenvalue weighted by molar-refractivity contribution is 14.1. The second-order valence-corrected chi connectivity index (χ2v) is 7.02. The third-order valence-electron chi connectivity index (χ3n) is 3.86. The van der Waals surface area contributed by atoms with Crippen LogP contribution in [0.3, 0.4) is 0 Å². The summed E-state index contributed by atoms with van der Waals surface area (Å²) in [4.78, 5) is 24.0. The Hall–Kier alpha value is -2.96. The number of rotatable bonds is 4. The van der Waals surface area contributed by atoms with Crippen molar-refractivity contribution in [3.05, 3.63) is 62.5 Å². The number of aromatic nitrogens is 2. The van der Waals surface area contributed by atoms with Gasteiger partial charge in [-0.2, -0.15) is 13.2 Å². The zero-order valence-electron chi connectivity index (χ0n) is 14.5. The average molecular weight is 517 g/mol. The second-order valence-electron chi connectivity index (χ2n) is 5.86. The number of benzene rings is 2. The van der Waals surface area contributed by atoms with Crippen molar-refractivity contribution in [2.75, 3.05) is 5.32 Å². The number of halogens is 4. The summed E-state index contributed by atoms with van der Waals surface area (Å²) in [6, 6.07) is 8.85. The largest absolute Gasteiger partial charge is 0.478 e. The molecule has 0 radical (unpaired) electrons. The van der Waals surface area contributed by atoms with Crippen molar-refractivity contribution >= 4 is 40.2 Å². The van der Waals surface area contributed by atoms with E-state index in [-0.39, 0.29) is 22.6 Å². The standard InChI is InChI=1S/C18H11F3IN3O4/c1-8-7-9(15-24-25-17(29-15)18(19,20)21)5-6-12(8)23-14(26)10-3-2-4-11(22)13(10)16(27)28/h2-7H,1H3,(H,23,26)(H,27,28). The zero-order chi connectivity index (χ0) is 21.3. The molecule has 0 atom stereocenters. The molecule has 0 unspecified atom stereocenters. The minimum absolute atomic E-state index is 0.0143. The normalized spacial score (nSPS) is 11.3. The van der Waals surface area contributed by atoms with Gasteiger partial charge in [-0.1, -0.05) is 6.07 Å². The topological polar surface area (TPSA) is 105 Å². The summed E-state index contributed by atoms with van der Waals surface area (Å²) in [5, 5.41) is 18.3. The van der Waals surface area contributed by atoms with Gasteiger partial charge in [0.05, 0.1) is 11.1 Å². The maximum Gasteiger partial charge on any atom is 0.470 e. The summed E-state index contributed by atoms with van der Waals surface area (Å²) in [6.07, 6.45) is -4.75. The number of carboxylic acid groups (broad SMARTS) is 1. The highest BCUT2D eigenvalue weighted by atomic mass is 127. The Morgan fingerprint density at radius 3 is 2.48 bits per heavy atom. The number of carboxylic acids is 1. The molecule has 0 aliphatic carbocycles. The molecule has 150 valence electrons. The highest BCUT2D eigenvalue weighted by Gasteiger charge is 2.38. The molecule has 0 saturated heterocycles. The second kappa shape index (κ2) is 7.81. The maximum atomic E-state index is 12.6. The lowest BCUT2D eigenvalue weighted by molar-refractivity contribution is -0.156. The Balaban J connectivity index is 1.87. The van der Waals surface area contributed by atoms with Gasteiger partial charge in [-0.25, -0.2) is 4.79 Å². The van der Waals surface area contributed by atoms with Crippen molar-refractivity contribution in [3.8, 4) is 11.5 Å². The highest BCUT2D eigenvalue weighted by Crippen LogP contribution is 2.31. The molecule has 0 spiro atoms. The summed E-state index contributed by atoms with van der Waals surface area (Å²) in [5.74, 6) is -3.63. The van der Waals surface area contributed by atoms with Gasteiger partial charge in [-0.3, -0.25) is 4.79 Å². The molecule has 2 N–H and O–H groups in total. The lowest BCUT2D eigenvalue weighted by atomic mass is 10.1. The van der Waals surface area contributed by atoms with Crippen molar-refractivity contribution in [2.45, 2.75) is 13.1 Å². The van der Waals surface area contributed by atoms with Gasteiger partial charge in [0, 0.05) is 14.8 Å². The van der Waals surface area contributed by atoms with Gasteiger partial charge in [0.1, 0.15) is 0 Å². The van der Waals surface area contributed by atoms with Gasteiger partial charge in [-0.05, 0) is 65.4 Å². The first-order valence-electron chi connectivity index (χ1n) is 7.93. The molecule has 0 aliphatic rings. The van der Waals surface area contributed by atoms with E-state index in [0.29, 0.717) is 14.8 Å². The van der Waals surface area contributed by atoms with Gasteiger partial charge in [0.15, 0.2) is 0 Å². The minimum atomic E-state index is -4.75. The first-order chi connectivity index (χ1) is 13.6. The van der Waals surface area contributed by atoms with Crippen LogP contribution in [0.2, 0.25) is 0 Å². The molecule has 3 rings (SSSR count). The number of nitrogens with one attached hydrogen (secondary N) is 1. The zero-order valence-corrected chi connectivity index (χ0v) is 16.7. The number of anilines is 1. The van der Waals surface area contributed by atoms with Crippen LogP contribution < -0.4 is 5.32 Å². The minimum Gasteiger partial charge on any atom is -0.478 e. The molecular weight excluding hydrogens is 506 g/mol. The Kier molecular flexibility index (Phi) is 5.59. The Bertz CT molecular complexity index is 1110. The lowest BCUT2D eigenvalue weighted by Crippen LogP contribution is -2.18. The molecule has 29 heavy (non-hydrogen) atoms.